The number of nitrogens with one attached hydrogen (secondary N) is 1. The van der Waals surface area contributed by atoms with Crippen LogP contribution in [0, 0.1) is 0 Å². The summed E-state index contributed by atoms with van der Waals surface area (Å²) in [6.45, 7) is 1.63. The van der Waals surface area contributed by atoms with Crippen LogP contribution in [-0.2, 0) is 4.79 Å². The van der Waals surface area contributed by atoms with E-state index in [1.807, 2.05) is 6.07 Å². The van der Waals surface area contributed by atoms with E-state index in [1.54, 1.807) is 56.5 Å². The molecule has 0 aliphatic carbocycles. The van der Waals surface area contributed by atoms with Crippen molar-refractivity contribution in [3.8, 4) is 28.5 Å². The number of aromatic nitrogens is 2. The summed E-state index contributed by atoms with van der Waals surface area (Å²) in [6, 6.07) is 14.2. The lowest BCUT2D eigenvalue weighted by molar-refractivity contribution is -0.122. The lowest BCUT2D eigenvalue weighted by Crippen LogP contribution is -2.30. The zero-order valence-corrected chi connectivity index (χ0v) is 15.1. The van der Waals surface area contributed by atoms with Crippen molar-refractivity contribution in [2.45, 2.75) is 13.0 Å². The Balaban J connectivity index is 1.72. The fourth-order valence-electron chi connectivity index (χ4n) is 2.39. The van der Waals surface area contributed by atoms with Gasteiger partial charge in [0.1, 0.15) is 5.75 Å². The molecule has 8 heteroatoms. The highest BCUT2D eigenvalue weighted by Gasteiger charge is 2.21. The van der Waals surface area contributed by atoms with Gasteiger partial charge in [-0.25, -0.2) is 4.63 Å². The Kier molecular flexibility index (Phi) is 5.55. The van der Waals surface area contributed by atoms with Crippen molar-refractivity contribution >= 4 is 11.7 Å². The Bertz CT molecular complexity index is 908. The Morgan fingerprint density at radius 2 is 1.70 bits per heavy atom. The molecule has 1 heterocycles. The van der Waals surface area contributed by atoms with Crippen molar-refractivity contribution in [1.82, 2.24) is 10.3 Å². The maximum absolute atomic E-state index is 12.5. The van der Waals surface area contributed by atoms with Crippen molar-refractivity contribution in [3.63, 3.8) is 0 Å². The Hall–Kier alpha value is -3.55. The summed E-state index contributed by atoms with van der Waals surface area (Å²) >= 11 is 0. The topological polar surface area (TPSA) is 95.7 Å². The van der Waals surface area contributed by atoms with Gasteiger partial charge in [-0.15, -0.1) is 0 Å². The summed E-state index contributed by atoms with van der Waals surface area (Å²) in [6.07, 6.45) is -0.790. The average molecular weight is 369 g/mol. The van der Waals surface area contributed by atoms with E-state index in [1.165, 1.54) is 7.11 Å². The number of ether oxygens (including phenoxy) is 3. The molecular formula is C19H19N3O5. The molecular weight excluding hydrogens is 350 g/mol. The minimum atomic E-state index is -0.790. The standard InChI is InChI=1S/C19H19N3O5/c1-12(26-16-7-5-4-6-15(16)25-3)19(23)20-18-17(21-27-22-18)13-8-10-14(24-2)11-9-13/h4-12H,1-3H3,(H,20,22,23). The smallest absolute Gasteiger partial charge is 0.266 e. The van der Waals surface area contributed by atoms with Gasteiger partial charge in [-0.1, -0.05) is 12.1 Å². The third kappa shape index (κ3) is 4.17. The highest BCUT2D eigenvalue weighted by Crippen LogP contribution is 2.28. The molecule has 0 aliphatic heterocycles. The molecule has 3 rings (SSSR count). The van der Waals surface area contributed by atoms with Crippen molar-refractivity contribution in [2.24, 2.45) is 0 Å². The first-order valence-corrected chi connectivity index (χ1v) is 8.20. The lowest BCUT2D eigenvalue weighted by atomic mass is 10.1. The molecule has 0 bridgehead atoms. The second-order valence-corrected chi connectivity index (χ2v) is 5.59. The maximum Gasteiger partial charge on any atom is 0.266 e. The molecule has 0 spiro atoms. The van der Waals surface area contributed by atoms with Crippen LogP contribution in [0.15, 0.2) is 53.2 Å². The minimum absolute atomic E-state index is 0.209. The summed E-state index contributed by atoms with van der Waals surface area (Å²) in [7, 11) is 3.12. The molecule has 0 saturated carbocycles. The van der Waals surface area contributed by atoms with E-state index in [0.29, 0.717) is 22.9 Å². The van der Waals surface area contributed by atoms with E-state index >= 15 is 0 Å². The Morgan fingerprint density at radius 1 is 1.00 bits per heavy atom. The van der Waals surface area contributed by atoms with E-state index in [-0.39, 0.29) is 5.82 Å². The highest BCUT2D eigenvalue weighted by atomic mass is 16.6. The number of benzene rings is 2. The van der Waals surface area contributed by atoms with Crippen LogP contribution in [0.1, 0.15) is 6.92 Å². The van der Waals surface area contributed by atoms with Gasteiger partial charge in [0, 0.05) is 5.56 Å². The van der Waals surface area contributed by atoms with Gasteiger partial charge in [0.2, 0.25) is 5.82 Å². The van der Waals surface area contributed by atoms with E-state index in [0.717, 1.165) is 5.56 Å². The van der Waals surface area contributed by atoms with Gasteiger partial charge < -0.3 is 19.5 Å². The largest absolute Gasteiger partial charge is 0.497 e. The predicted octanol–water partition coefficient (Wildman–Crippen LogP) is 3.16. The summed E-state index contributed by atoms with van der Waals surface area (Å²) in [5.41, 5.74) is 1.14. The van der Waals surface area contributed by atoms with Crippen LogP contribution in [0.2, 0.25) is 0 Å². The second kappa shape index (κ2) is 8.22. The van der Waals surface area contributed by atoms with Gasteiger partial charge >= 0.3 is 0 Å². The molecule has 1 amide bonds. The van der Waals surface area contributed by atoms with Gasteiger partial charge in [-0.2, -0.15) is 0 Å². The number of rotatable bonds is 7. The van der Waals surface area contributed by atoms with Crippen LogP contribution in [0.25, 0.3) is 11.3 Å². The first-order valence-electron chi connectivity index (χ1n) is 8.20. The molecule has 0 radical (unpaired) electrons. The molecule has 0 fully saturated rings. The lowest BCUT2D eigenvalue weighted by Gasteiger charge is -2.16. The fraction of sp³-hybridized carbons (Fsp3) is 0.211. The number of anilines is 1. The van der Waals surface area contributed by atoms with Gasteiger partial charge in [-0.05, 0) is 53.6 Å². The normalized spacial score (nSPS) is 11.5. The number of carbonyl (C=O) groups excluding carboxylic acids is 1. The number of para-hydroxylation sites is 2. The zero-order valence-electron chi connectivity index (χ0n) is 15.1. The molecule has 0 saturated heterocycles. The molecule has 27 heavy (non-hydrogen) atoms. The summed E-state index contributed by atoms with van der Waals surface area (Å²) in [5, 5.41) is 10.3. The molecule has 1 N–H and O–H groups in total. The van der Waals surface area contributed by atoms with Gasteiger partial charge in [0.15, 0.2) is 23.3 Å². The maximum atomic E-state index is 12.5. The summed E-state index contributed by atoms with van der Waals surface area (Å²) in [5.74, 6) is 1.53. The number of carbonyl (C=O) groups is 1. The SMILES string of the molecule is COc1ccc(-c2nonc2NC(=O)C(C)Oc2ccccc2OC)cc1. The van der Waals surface area contributed by atoms with Gasteiger partial charge in [-0.3, -0.25) is 4.79 Å². The number of amides is 1. The summed E-state index contributed by atoms with van der Waals surface area (Å²) < 4.78 is 20.8. The van der Waals surface area contributed by atoms with E-state index in [4.69, 9.17) is 18.8 Å². The van der Waals surface area contributed by atoms with Crippen molar-refractivity contribution < 1.29 is 23.6 Å². The van der Waals surface area contributed by atoms with Crippen LogP contribution in [-0.4, -0.2) is 36.5 Å². The van der Waals surface area contributed by atoms with Gasteiger partial charge in [0.25, 0.3) is 5.91 Å². The number of hydrogen-bond donors (Lipinski definition) is 1. The van der Waals surface area contributed by atoms with E-state index in [2.05, 4.69) is 15.6 Å². The monoisotopic (exact) mass is 369 g/mol. The molecule has 0 aliphatic rings. The number of hydrogen-bond acceptors (Lipinski definition) is 7. The Labute approximate surface area is 156 Å². The highest BCUT2D eigenvalue weighted by molar-refractivity contribution is 5.96. The molecule has 1 atom stereocenters. The van der Waals surface area contributed by atoms with Crippen LogP contribution < -0.4 is 19.5 Å². The number of nitrogens with zero attached hydrogens (tertiary/aromatic N) is 2. The van der Waals surface area contributed by atoms with Crippen molar-refractivity contribution in [1.29, 1.82) is 0 Å². The predicted molar refractivity (Wildman–Crippen MR) is 98.0 cm³/mol. The summed E-state index contributed by atoms with van der Waals surface area (Å²) in [4.78, 5) is 12.5. The third-order valence-corrected chi connectivity index (χ3v) is 3.84. The minimum Gasteiger partial charge on any atom is -0.497 e. The quantitative estimate of drug-likeness (QED) is 0.683. The van der Waals surface area contributed by atoms with E-state index < -0.39 is 12.0 Å². The first kappa shape index (κ1) is 18.2. The molecule has 8 nitrogen and oxygen atoms in total. The Morgan fingerprint density at radius 3 is 2.37 bits per heavy atom. The molecule has 2 aromatic carbocycles. The van der Waals surface area contributed by atoms with Crippen molar-refractivity contribution in [2.75, 3.05) is 19.5 Å². The van der Waals surface area contributed by atoms with Crippen LogP contribution in [0.3, 0.4) is 0 Å². The van der Waals surface area contributed by atoms with Gasteiger partial charge in [0.05, 0.1) is 14.2 Å². The van der Waals surface area contributed by atoms with Crippen LogP contribution in [0.4, 0.5) is 5.82 Å². The van der Waals surface area contributed by atoms with Crippen LogP contribution in [0.5, 0.6) is 17.2 Å². The second-order valence-electron chi connectivity index (χ2n) is 5.59. The molecule has 1 unspecified atom stereocenters. The van der Waals surface area contributed by atoms with E-state index in [9.17, 15) is 4.79 Å². The van der Waals surface area contributed by atoms with Crippen molar-refractivity contribution in [3.05, 3.63) is 48.5 Å². The molecule has 1 aromatic heterocycles. The zero-order chi connectivity index (χ0) is 19.2. The molecule has 140 valence electrons. The number of methoxy groups -OCH3 is 2. The van der Waals surface area contributed by atoms with Crippen LogP contribution >= 0.6 is 0 Å². The molecule has 3 aromatic rings. The fourth-order valence-corrected chi connectivity index (χ4v) is 2.39. The average Bonchev–Trinajstić information content (AvgIpc) is 3.16. The third-order valence-electron chi connectivity index (χ3n) is 3.84. The first-order chi connectivity index (χ1) is 13.1.